The third kappa shape index (κ3) is 1.60. The molecule has 0 aliphatic carbocycles. The Labute approximate surface area is 92.3 Å². The van der Waals surface area contributed by atoms with Gasteiger partial charge in [0.15, 0.2) is 0 Å². The SMILES string of the molecule is CC(C)(CO)N1Cn2c(=O)ccc(=O)n2C1. The Kier molecular flexibility index (Phi) is 2.47. The van der Waals surface area contributed by atoms with Crippen molar-refractivity contribution in [3.8, 4) is 0 Å². The third-order valence-electron chi connectivity index (χ3n) is 3.02. The van der Waals surface area contributed by atoms with Gasteiger partial charge in [0.25, 0.3) is 11.1 Å². The predicted octanol–water partition coefficient (Wildman–Crippen LogP) is -0.989. The molecule has 0 saturated heterocycles. The van der Waals surface area contributed by atoms with Gasteiger partial charge in [-0.15, -0.1) is 0 Å². The average molecular weight is 225 g/mol. The summed E-state index contributed by atoms with van der Waals surface area (Å²) in [7, 11) is 0. The molecule has 0 unspecified atom stereocenters. The van der Waals surface area contributed by atoms with Crippen LogP contribution in [0, 0.1) is 0 Å². The van der Waals surface area contributed by atoms with Crippen molar-refractivity contribution in [2.75, 3.05) is 6.61 Å². The van der Waals surface area contributed by atoms with Crippen molar-refractivity contribution >= 4 is 0 Å². The lowest BCUT2D eigenvalue weighted by Crippen LogP contribution is -2.44. The molecule has 0 saturated carbocycles. The molecule has 88 valence electrons. The zero-order valence-electron chi connectivity index (χ0n) is 9.38. The number of fused-ring (bicyclic) bond motifs is 1. The monoisotopic (exact) mass is 225 g/mol. The second kappa shape index (κ2) is 3.57. The van der Waals surface area contributed by atoms with Crippen LogP contribution in [0.3, 0.4) is 0 Å². The number of nitrogens with zero attached hydrogens (tertiary/aromatic N) is 3. The van der Waals surface area contributed by atoms with Gasteiger partial charge in [-0.3, -0.25) is 14.5 Å². The van der Waals surface area contributed by atoms with Crippen LogP contribution in [0.5, 0.6) is 0 Å². The summed E-state index contributed by atoms with van der Waals surface area (Å²) >= 11 is 0. The minimum absolute atomic E-state index is 0.0233. The molecular formula is C10H15N3O3. The van der Waals surface area contributed by atoms with E-state index in [4.69, 9.17) is 0 Å². The molecular weight excluding hydrogens is 210 g/mol. The molecule has 0 amide bonds. The van der Waals surface area contributed by atoms with Gasteiger partial charge < -0.3 is 5.11 Å². The van der Waals surface area contributed by atoms with Crippen LogP contribution in [-0.2, 0) is 13.3 Å². The fourth-order valence-electron chi connectivity index (χ4n) is 1.70. The molecule has 1 aromatic heterocycles. The zero-order valence-corrected chi connectivity index (χ0v) is 9.38. The highest BCUT2D eigenvalue weighted by molar-refractivity contribution is 4.92. The van der Waals surface area contributed by atoms with Gasteiger partial charge in [0.1, 0.15) is 0 Å². The average Bonchev–Trinajstić information content (AvgIpc) is 2.70. The lowest BCUT2D eigenvalue weighted by Gasteiger charge is -2.31. The van der Waals surface area contributed by atoms with E-state index in [1.54, 1.807) is 0 Å². The minimum Gasteiger partial charge on any atom is -0.394 e. The molecule has 16 heavy (non-hydrogen) atoms. The van der Waals surface area contributed by atoms with Gasteiger partial charge >= 0.3 is 0 Å². The van der Waals surface area contributed by atoms with Crippen molar-refractivity contribution in [3.63, 3.8) is 0 Å². The van der Waals surface area contributed by atoms with Crippen LogP contribution in [0.4, 0.5) is 0 Å². The van der Waals surface area contributed by atoms with Crippen molar-refractivity contribution in [3.05, 3.63) is 32.8 Å². The second-order valence-electron chi connectivity index (χ2n) is 4.60. The van der Waals surface area contributed by atoms with Gasteiger partial charge in [-0.2, -0.15) is 0 Å². The van der Waals surface area contributed by atoms with Gasteiger partial charge in [0.2, 0.25) is 0 Å². The number of aromatic nitrogens is 2. The Bertz CT molecular complexity index is 476. The Balaban J connectivity index is 2.42. The molecule has 0 bridgehead atoms. The number of hydrogen-bond acceptors (Lipinski definition) is 4. The lowest BCUT2D eigenvalue weighted by molar-refractivity contribution is 0.0391. The Hall–Kier alpha value is -1.40. The van der Waals surface area contributed by atoms with Crippen LogP contribution in [0.25, 0.3) is 0 Å². The third-order valence-corrected chi connectivity index (χ3v) is 3.02. The number of hydrogen-bond donors (Lipinski definition) is 1. The quantitative estimate of drug-likeness (QED) is 0.702. The normalized spacial score (nSPS) is 16.4. The van der Waals surface area contributed by atoms with Gasteiger partial charge in [-0.25, -0.2) is 9.36 Å². The van der Waals surface area contributed by atoms with E-state index in [1.807, 2.05) is 18.7 Å². The maximum atomic E-state index is 11.5. The molecule has 0 atom stereocenters. The summed E-state index contributed by atoms with van der Waals surface area (Å²) < 4.78 is 2.78. The first-order valence-electron chi connectivity index (χ1n) is 5.12. The van der Waals surface area contributed by atoms with Crippen LogP contribution in [0.15, 0.2) is 21.7 Å². The summed E-state index contributed by atoms with van der Waals surface area (Å²) in [6.45, 7) is 4.39. The Morgan fingerprint density at radius 2 is 1.62 bits per heavy atom. The number of rotatable bonds is 2. The fraction of sp³-hybridized carbons (Fsp3) is 0.600. The molecule has 1 aliphatic heterocycles. The van der Waals surface area contributed by atoms with Crippen LogP contribution in [0.2, 0.25) is 0 Å². The van der Waals surface area contributed by atoms with Crippen molar-refractivity contribution in [2.24, 2.45) is 0 Å². The lowest BCUT2D eigenvalue weighted by atomic mass is 10.1. The van der Waals surface area contributed by atoms with E-state index in [9.17, 15) is 14.7 Å². The molecule has 6 nitrogen and oxygen atoms in total. The van der Waals surface area contributed by atoms with E-state index in [-0.39, 0.29) is 17.7 Å². The molecule has 2 rings (SSSR count). The summed E-state index contributed by atoms with van der Waals surface area (Å²) in [5.41, 5.74) is -0.843. The fourth-order valence-corrected chi connectivity index (χ4v) is 1.70. The maximum Gasteiger partial charge on any atom is 0.266 e. The first kappa shape index (κ1) is 11.1. The summed E-state index contributed by atoms with van der Waals surface area (Å²) in [4.78, 5) is 25.0. The topological polar surface area (TPSA) is 67.5 Å². The van der Waals surface area contributed by atoms with E-state index in [1.165, 1.54) is 21.5 Å². The van der Waals surface area contributed by atoms with Crippen molar-refractivity contribution in [2.45, 2.75) is 32.7 Å². The van der Waals surface area contributed by atoms with Gasteiger partial charge in [0.05, 0.1) is 19.9 Å². The molecule has 0 aromatic carbocycles. The largest absolute Gasteiger partial charge is 0.394 e. The molecule has 0 fully saturated rings. The van der Waals surface area contributed by atoms with Crippen LogP contribution < -0.4 is 11.1 Å². The highest BCUT2D eigenvalue weighted by Gasteiger charge is 2.31. The van der Waals surface area contributed by atoms with Crippen molar-refractivity contribution < 1.29 is 5.11 Å². The molecule has 2 heterocycles. The Morgan fingerprint density at radius 1 is 1.19 bits per heavy atom. The molecule has 1 aromatic rings. The van der Waals surface area contributed by atoms with Crippen molar-refractivity contribution in [1.82, 2.24) is 14.3 Å². The first-order chi connectivity index (χ1) is 7.45. The molecule has 0 spiro atoms. The standard InChI is InChI=1S/C10H15N3O3/c1-10(2,5-14)11-6-12-8(15)3-4-9(16)13(12)7-11/h3-4,14H,5-7H2,1-2H3. The van der Waals surface area contributed by atoms with E-state index in [2.05, 4.69) is 0 Å². The van der Waals surface area contributed by atoms with Gasteiger partial charge in [-0.1, -0.05) is 0 Å². The first-order valence-corrected chi connectivity index (χ1v) is 5.12. The van der Waals surface area contributed by atoms with Gasteiger partial charge in [-0.05, 0) is 13.8 Å². The number of aliphatic hydroxyl groups is 1. The van der Waals surface area contributed by atoms with E-state index >= 15 is 0 Å². The highest BCUT2D eigenvalue weighted by Crippen LogP contribution is 2.17. The second-order valence-corrected chi connectivity index (χ2v) is 4.60. The van der Waals surface area contributed by atoms with Gasteiger partial charge in [0, 0.05) is 17.7 Å². The molecule has 1 N–H and O–H groups in total. The highest BCUT2D eigenvalue weighted by atomic mass is 16.3. The van der Waals surface area contributed by atoms with Crippen LogP contribution in [-0.4, -0.2) is 31.5 Å². The van der Waals surface area contributed by atoms with Crippen molar-refractivity contribution in [1.29, 1.82) is 0 Å². The Morgan fingerprint density at radius 3 is 2.00 bits per heavy atom. The zero-order chi connectivity index (χ0) is 11.9. The molecule has 0 radical (unpaired) electrons. The summed E-state index contributed by atoms with van der Waals surface area (Å²) in [6.07, 6.45) is 0. The maximum absolute atomic E-state index is 11.5. The van der Waals surface area contributed by atoms with Crippen LogP contribution >= 0.6 is 0 Å². The van der Waals surface area contributed by atoms with E-state index < -0.39 is 5.54 Å². The predicted molar refractivity (Wildman–Crippen MR) is 58.0 cm³/mol. The summed E-state index contributed by atoms with van der Waals surface area (Å²) in [6, 6.07) is 2.54. The van der Waals surface area contributed by atoms with Crippen LogP contribution in [0.1, 0.15) is 13.8 Å². The molecule has 6 heteroatoms. The smallest absolute Gasteiger partial charge is 0.266 e. The number of aliphatic hydroxyl groups excluding tert-OH is 1. The minimum atomic E-state index is -0.447. The summed E-state index contributed by atoms with van der Waals surface area (Å²) in [5, 5.41) is 9.26. The van der Waals surface area contributed by atoms with E-state index in [0.717, 1.165) is 0 Å². The van der Waals surface area contributed by atoms with E-state index in [0.29, 0.717) is 13.3 Å². The molecule has 1 aliphatic rings. The summed E-state index contributed by atoms with van der Waals surface area (Å²) in [5.74, 6) is 0.